The third kappa shape index (κ3) is 5.45. The highest BCUT2D eigenvalue weighted by Crippen LogP contribution is 2.28. The van der Waals surface area contributed by atoms with Crippen molar-refractivity contribution in [3.05, 3.63) is 70.5 Å². The van der Waals surface area contributed by atoms with E-state index >= 15 is 0 Å². The van der Waals surface area contributed by atoms with Crippen LogP contribution in [0, 0.1) is 13.8 Å². The number of carbonyl (C=O) groups is 1. The molecule has 3 aromatic rings. The summed E-state index contributed by atoms with van der Waals surface area (Å²) in [6.07, 6.45) is 1.57. The molecule has 0 radical (unpaired) electrons. The molecule has 1 heterocycles. The number of nitrogens with one attached hydrogen (secondary N) is 1. The molecule has 0 aliphatic heterocycles. The molecular formula is C20H18ClF2N3O3. The lowest BCUT2D eigenvalue weighted by molar-refractivity contribution is -0.0494. The first-order valence-electron chi connectivity index (χ1n) is 8.61. The molecule has 0 aliphatic rings. The first kappa shape index (κ1) is 20.6. The number of halogens is 3. The Morgan fingerprint density at radius 2 is 2.00 bits per heavy atom. The van der Waals surface area contributed by atoms with E-state index in [1.807, 2.05) is 6.92 Å². The van der Waals surface area contributed by atoms with Crippen molar-refractivity contribution in [2.75, 3.05) is 5.32 Å². The molecule has 0 atom stereocenters. The van der Waals surface area contributed by atoms with Gasteiger partial charge in [-0.2, -0.15) is 13.9 Å². The first-order valence-corrected chi connectivity index (χ1v) is 8.99. The largest absolute Gasteiger partial charge is 0.471 e. The van der Waals surface area contributed by atoms with Gasteiger partial charge in [0.1, 0.15) is 11.5 Å². The summed E-state index contributed by atoms with van der Waals surface area (Å²) >= 11 is 5.98. The van der Waals surface area contributed by atoms with Gasteiger partial charge in [-0.05, 0) is 61.4 Å². The Labute approximate surface area is 171 Å². The van der Waals surface area contributed by atoms with Crippen LogP contribution in [-0.2, 0) is 6.73 Å². The summed E-state index contributed by atoms with van der Waals surface area (Å²) in [5.41, 5.74) is 1.83. The van der Waals surface area contributed by atoms with Crippen LogP contribution >= 0.6 is 11.6 Å². The van der Waals surface area contributed by atoms with Crippen molar-refractivity contribution in [3.63, 3.8) is 0 Å². The summed E-state index contributed by atoms with van der Waals surface area (Å²) in [6, 6.07) is 11.3. The number of carbonyl (C=O) groups excluding carboxylic acids is 1. The van der Waals surface area contributed by atoms with E-state index in [0.29, 0.717) is 10.8 Å². The van der Waals surface area contributed by atoms with Crippen LogP contribution in [0.4, 0.5) is 14.5 Å². The quantitative estimate of drug-likeness (QED) is 0.580. The van der Waals surface area contributed by atoms with Crippen LogP contribution in [0.2, 0.25) is 5.02 Å². The molecule has 152 valence electrons. The number of ether oxygens (including phenoxy) is 2. The first-order chi connectivity index (χ1) is 13.8. The highest BCUT2D eigenvalue weighted by Gasteiger charge is 2.15. The van der Waals surface area contributed by atoms with Crippen LogP contribution < -0.4 is 14.8 Å². The molecule has 0 unspecified atom stereocenters. The normalized spacial score (nSPS) is 10.8. The highest BCUT2D eigenvalue weighted by molar-refractivity contribution is 6.31. The number of rotatable bonds is 7. The van der Waals surface area contributed by atoms with Gasteiger partial charge in [0.15, 0.2) is 12.4 Å². The zero-order valence-corrected chi connectivity index (χ0v) is 16.4. The van der Waals surface area contributed by atoms with Crippen molar-refractivity contribution in [1.29, 1.82) is 0 Å². The van der Waals surface area contributed by atoms with Gasteiger partial charge in [0.25, 0.3) is 5.91 Å². The van der Waals surface area contributed by atoms with E-state index in [0.717, 1.165) is 11.1 Å². The zero-order valence-electron chi connectivity index (χ0n) is 15.7. The fourth-order valence-corrected chi connectivity index (χ4v) is 2.63. The Bertz CT molecular complexity index is 1020. The Balaban J connectivity index is 1.66. The van der Waals surface area contributed by atoms with E-state index in [1.165, 1.54) is 22.9 Å². The Kier molecular flexibility index (Phi) is 6.33. The molecule has 0 saturated heterocycles. The van der Waals surface area contributed by atoms with Gasteiger partial charge in [0, 0.05) is 11.2 Å². The van der Waals surface area contributed by atoms with Crippen LogP contribution in [0.3, 0.4) is 0 Å². The summed E-state index contributed by atoms with van der Waals surface area (Å²) in [5.74, 6) is -0.0647. The number of nitrogens with zero attached hydrogens (tertiary/aromatic N) is 2. The minimum Gasteiger partial charge on any atom is -0.471 e. The van der Waals surface area contributed by atoms with Gasteiger partial charge >= 0.3 is 6.61 Å². The smallest absolute Gasteiger partial charge is 0.387 e. The number of hydrogen-bond donors (Lipinski definition) is 1. The maximum absolute atomic E-state index is 12.6. The number of hydrogen-bond acceptors (Lipinski definition) is 4. The maximum atomic E-state index is 12.6. The molecule has 0 fully saturated rings. The summed E-state index contributed by atoms with van der Waals surface area (Å²) in [4.78, 5) is 12.4. The van der Waals surface area contributed by atoms with Crippen LogP contribution in [0.25, 0.3) is 0 Å². The van der Waals surface area contributed by atoms with Crippen molar-refractivity contribution >= 4 is 23.2 Å². The lowest BCUT2D eigenvalue weighted by atomic mass is 10.2. The van der Waals surface area contributed by atoms with E-state index in [1.54, 1.807) is 37.4 Å². The summed E-state index contributed by atoms with van der Waals surface area (Å²) in [6.45, 7) is 0.676. The predicted molar refractivity (Wildman–Crippen MR) is 105 cm³/mol. The maximum Gasteiger partial charge on any atom is 0.387 e. The number of aromatic nitrogens is 2. The molecular weight excluding hydrogens is 404 g/mol. The summed E-state index contributed by atoms with van der Waals surface area (Å²) < 4.78 is 36.7. The van der Waals surface area contributed by atoms with Gasteiger partial charge in [-0.25, -0.2) is 4.68 Å². The monoisotopic (exact) mass is 421 g/mol. The molecule has 1 N–H and O–H groups in total. The molecule has 0 spiro atoms. The van der Waals surface area contributed by atoms with Crippen molar-refractivity contribution in [1.82, 2.24) is 9.78 Å². The van der Waals surface area contributed by atoms with Crippen molar-refractivity contribution in [2.24, 2.45) is 0 Å². The second kappa shape index (κ2) is 8.91. The molecule has 0 aliphatic carbocycles. The van der Waals surface area contributed by atoms with Gasteiger partial charge in [-0.15, -0.1) is 0 Å². The molecule has 0 saturated carbocycles. The lowest BCUT2D eigenvalue weighted by Gasteiger charge is -2.12. The van der Waals surface area contributed by atoms with Gasteiger partial charge < -0.3 is 14.8 Å². The third-order valence-electron chi connectivity index (χ3n) is 3.97. The third-order valence-corrected chi connectivity index (χ3v) is 4.39. The van der Waals surface area contributed by atoms with E-state index in [9.17, 15) is 13.6 Å². The van der Waals surface area contributed by atoms with Gasteiger partial charge in [0.05, 0.1) is 5.69 Å². The zero-order chi connectivity index (χ0) is 21.0. The molecule has 0 bridgehead atoms. The topological polar surface area (TPSA) is 65.4 Å². The fraction of sp³-hybridized carbons (Fsp3) is 0.200. The second-order valence-electron chi connectivity index (χ2n) is 6.26. The average molecular weight is 422 g/mol. The predicted octanol–water partition coefficient (Wildman–Crippen LogP) is 5.04. The Morgan fingerprint density at radius 1 is 1.21 bits per heavy atom. The minimum atomic E-state index is -3.00. The van der Waals surface area contributed by atoms with Crippen LogP contribution in [0.5, 0.6) is 11.5 Å². The standard InChI is InChI=1S/C20H18ClF2N3O3/c1-12-3-6-16(18(9-12)29-20(22)23)24-19(27)17-7-8-26(25-17)11-28-14-4-5-15(21)13(2)10-14/h3-10,20H,11H2,1-2H3,(H,24,27). The number of benzene rings is 2. The molecule has 3 rings (SSSR count). The molecule has 2 aromatic carbocycles. The van der Waals surface area contributed by atoms with E-state index in [-0.39, 0.29) is 23.9 Å². The summed E-state index contributed by atoms with van der Waals surface area (Å²) in [7, 11) is 0. The number of amides is 1. The number of anilines is 1. The van der Waals surface area contributed by atoms with Crippen molar-refractivity contribution < 1.29 is 23.0 Å². The molecule has 1 aromatic heterocycles. The molecule has 6 nitrogen and oxygen atoms in total. The fourth-order valence-electron chi connectivity index (χ4n) is 2.51. The summed E-state index contributed by atoms with van der Waals surface area (Å²) in [5, 5.41) is 7.31. The van der Waals surface area contributed by atoms with Gasteiger partial charge in [-0.1, -0.05) is 17.7 Å². The Hall–Kier alpha value is -3.13. The van der Waals surface area contributed by atoms with E-state index < -0.39 is 12.5 Å². The van der Waals surface area contributed by atoms with Crippen molar-refractivity contribution in [3.8, 4) is 11.5 Å². The number of alkyl halides is 2. The SMILES string of the molecule is Cc1ccc(NC(=O)c2ccn(COc3ccc(Cl)c(C)c3)n2)c(OC(F)F)c1. The lowest BCUT2D eigenvalue weighted by Crippen LogP contribution is -2.15. The minimum absolute atomic E-state index is 0.0820. The Morgan fingerprint density at radius 3 is 2.72 bits per heavy atom. The van der Waals surface area contributed by atoms with Crippen LogP contribution in [-0.4, -0.2) is 22.3 Å². The van der Waals surface area contributed by atoms with E-state index in [2.05, 4.69) is 15.2 Å². The number of aryl methyl sites for hydroxylation is 2. The second-order valence-corrected chi connectivity index (χ2v) is 6.66. The van der Waals surface area contributed by atoms with Gasteiger partial charge in [-0.3, -0.25) is 4.79 Å². The molecule has 1 amide bonds. The highest BCUT2D eigenvalue weighted by atomic mass is 35.5. The average Bonchev–Trinajstić information content (AvgIpc) is 3.13. The van der Waals surface area contributed by atoms with Gasteiger partial charge in [0.2, 0.25) is 0 Å². The molecule has 9 heteroatoms. The van der Waals surface area contributed by atoms with E-state index in [4.69, 9.17) is 16.3 Å². The van der Waals surface area contributed by atoms with Crippen molar-refractivity contribution in [2.45, 2.75) is 27.2 Å². The van der Waals surface area contributed by atoms with Crippen LogP contribution in [0.15, 0.2) is 48.7 Å². The molecule has 29 heavy (non-hydrogen) atoms. The van der Waals surface area contributed by atoms with Crippen LogP contribution in [0.1, 0.15) is 21.6 Å².